The summed E-state index contributed by atoms with van der Waals surface area (Å²) in [6.45, 7) is 2.82. The van der Waals surface area contributed by atoms with Crippen LogP contribution in [-0.4, -0.2) is 14.9 Å². The van der Waals surface area contributed by atoms with Crippen LogP contribution >= 0.6 is 11.6 Å². The predicted octanol–water partition coefficient (Wildman–Crippen LogP) is 2.71. The summed E-state index contributed by atoms with van der Waals surface area (Å²) >= 11 is 6.28. The van der Waals surface area contributed by atoms with E-state index in [-0.39, 0.29) is 0 Å². The molecule has 5 heteroatoms. The molecular formula is C15H18ClN3O. The highest BCUT2D eigenvalue weighted by atomic mass is 35.5. The Balaban J connectivity index is 2.14. The molecule has 1 atom stereocenters. The second-order valence-corrected chi connectivity index (χ2v) is 5.75. The van der Waals surface area contributed by atoms with Crippen molar-refractivity contribution < 1.29 is 5.11 Å². The molecular weight excluding hydrogens is 274 g/mol. The van der Waals surface area contributed by atoms with Crippen molar-refractivity contribution in [2.24, 2.45) is 0 Å². The minimum absolute atomic E-state index is 0.519. The molecule has 0 aliphatic heterocycles. The highest BCUT2D eigenvalue weighted by Gasteiger charge is 2.42. The van der Waals surface area contributed by atoms with Crippen molar-refractivity contribution >= 4 is 17.3 Å². The summed E-state index contributed by atoms with van der Waals surface area (Å²) in [6, 6.07) is 5.66. The number of nitrogens with two attached hydrogens (primary N) is 1. The van der Waals surface area contributed by atoms with E-state index in [0.717, 1.165) is 36.2 Å². The van der Waals surface area contributed by atoms with Gasteiger partial charge in [-0.1, -0.05) is 24.6 Å². The number of rotatable bonds is 3. The second kappa shape index (κ2) is 4.79. The number of nitrogens with zero attached hydrogens (tertiary/aromatic N) is 2. The molecule has 0 fully saturated rings. The summed E-state index contributed by atoms with van der Waals surface area (Å²) in [6.07, 6.45) is 3.96. The number of fused-ring (bicyclic) bond motifs is 1. The molecule has 0 saturated carbocycles. The van der Waals surface area contributed by atoms with E-state index < -0.39 is 5.60 Å². The highest BCUT2D eigenvalue weighted by molar-refractivity contribution is 6.31. The first kappa shape index (κ1) is 13.5. The van der Waals surface area contributed by atoms with Crippen molar-refractivity contribution in [3.05, 3.63) is 46.2 Å². The minimum Gasteiger partial charge on any atom is -0.399 e. The Morgan fingerprint density at radius 3 is 3.05 bits per heavy atom. The third-order valence-electron chi connectivity index (χ3n) is 3.95. The Morgan fingerprint density at radius 1 is 1.50 bits per heavy atom. The van der Waals surface area contributed by atoms with Crippen molar-refractivity contribution in [3.63, 3.8) is 0 Å². The molecule has 2 aromatic rings. The van der Waals surface area contributed by atoms with Gasteiger partial charge < -0.3 is 10.8 Å². The molecule has 1 aliphatic rings. The van der Waals surface area contributed by atoms with E-state index in [9.17, 15) is 5.11 Å². The lowest BCUT2D eigenvalue weighted by Crippen LogP contribution is -2.28. The van der Waals surface area contributed by atoms with Gasteiger partial charge in [-0.3, -0.25) is 4.68 Å². The maximum atomic E-state index is 11.2. The van der Waals surface area contributed by atoms with Gasteiger partial charge in [-0.15, -0.1) is 0 Å². The number of nitrogen functional groups attached to an aromatic ring is 1. The number of aromatic nitrogens is 2. The van der Waals surface area contributed by atoms with E-state index in [4.69, 9.17) is 17.3 Å². The van der Waals surface area contributed by atoms with Gasteiger partial charge in [0, 0.05) is 12.2 Å². The van der Waals surface area contributed by atoms with Crippen LogP contribution in [0.1, 0.15) is 36.6 Å². The Hall–Kier alpha value is -1.52. The van der Waals surface area contributed by atoms with Gasteiger partial charge in [0.2, 0.25) is 0 Å². The number of halogens is 1. The summed E-state index contributed by atoms with van der Waals surface area (Å²) in [4.78, 5) is 0. The fourth-order valence-corrected chi connectivity index (χ4v) is 3.37. The van der Waals surface area contributed by atoms with Crippen LogP contribution < -0.4 is 5.73 Å². The van der Waals surface area contributed by atoms with Gasteiger partial charge in [-0.25, -0.2) is 0 Å². The number of aryl methyl sites for hydroxylation is 2. The van der Waals surface area contributed by atoms with E-state index in [1.165, 1.54) is 0 Å². The molecule has 1 aromatic carbocycles. The molecule has 0 amide bonds. The number of anilines is 1. The summed E-state index contributed by atoms with van der Waals surface area (Å²) < 4.78 is 1.81. The van der Waals surface area contributed by atoms with Gasteiger partial charge in [0.15, 0.2) is 0 Å². The topological polar surface area (TPSA) is 64.1 Å². The minimum atomic E-state index is -1.06. The molecule has 1 unspecified atom stereocenters. The molecule has 0 spiro atoms. The zero-order chi connectivity index (χ0) is 14.3. The van der Waals surface area contributed by atoms with Crippen LogP contribution in [0.15, 0.2) is 24.4 Å². The molecule has 3 N–H and O–H groups in total. The molecule has 0 radical (unpaired) electrons. The summed E-state index contributed by atoms with van der Waals surface area (Å²) in [5.41, 5.74) is 8.16. The van der Waals surface area contributed by atoms with Crippen LogP contribution in [0.3, 0.4) is 0 Å². The number of benzene rings is 1. The standard InChI is InChI=1S/C15H18ClN3O/c1-2-7-19-14(13(16)9-18-19)15(20)6-5-10-8-11(17)3-4-12(10)15/h3-4,8-9,20H,2,5-7,17H2,1H3. The first-order valence-corrected chi connectivity index (χ1v) is 7.27. The molecule has 1 aliphatic carbocycles. The normalized spacial score (nSPS) is 21.1. The Labute approximate surface area is 123 Å². The quantitative estimate of drug-likeness (QED) is 0.855. The highest BCUT2D eigenvalue weighted by Crippen LogP contribution is 2.44. The van der Waals surface area contributed by atoms with Gasteiger partial charge >= 0.3 is 0 Å². The first-order valence-electron chi connectivity index (χ1n) is 6.89. The van der Waals surface area contributed by atoms with Gasteiger partial charge in [0.25, 0.3) is 0 Å². The lowest BCUT2D eigenvalue weighted by molar-refractivity contribution is 0.0728. The molecule has 1 heterocycles. The van der Waals surface area contributed by atoms with E-state index in [2.05, 4.69) is 12.0 Å². The number of hydrogen-bond donors (Lipinski definition) is 2. The van der Waals surface area contributed by atoms with Crippen LogP contribution in [0.4, 0.5) is 5.69 Å². The maximum absolute atomic E-state index is 11.2. The van der Waals surface area contributed by atoms with Crippen molar-refractivity contribution in [1.82, 2.24) is 9.78 Å². The summed E-state index contributed by atoms with van der Waals surface area (Å²) in [7, 11) is 0. The molecule has 106 valence electrons. The van der Waals surface area contributed by atoms with Crippen molar-refractivity contribution in [1.29, 1.82) is 0 Å². The third kappa shape index (κ3) is 1.91. The van der Waals surface area contributed by atoms with Crippen LogP contribution in [0, 0.1) is 0 Å². The average molecular weight is 292 g/mol. The van der Waals surface area contributed by atoms with E-state index in [1.807, 2.05) is 22.9 Å². The van der Waals surface area contributed by atoms with Gasteiger partial charge in [-0.05, 0) is 42.5 Å². The Morgan fingerprint density at radius 2 is 2.30 bits per heavy atom. The van der Waals surface area contributed by atoms with E-state index in [0.29, 0.717) is 17.1 Å². The number of aliphatic hydroxyl groups is 1. The second-order valence-electron chi connectivity index (χ2n) is 5.34. The number of hydrogen-bond acceptors (Lipinski definition) is 3. The molecule has 20 heavy (non-hydrogen) atoms. The Kier molecular flexibility index (Phi) is 3.22. The molecule has 0 bridgehead atoms. The van der Waals surface area contributed by atoms with Gasteiger partial charge in [0.1, 0.15) is 5.60 Å². The summed E-state index contributed by atoms with van der Waals surface area (Å²) in [5, 5.41) is 16.0. The SMILES string of the molecule is CCCn1ncc(Cl)c1C1(O)CCc2cc(N)ccc21. The van der Waals surface area contributed by atoms with Crippen LogP contribution in [-0.2, 0) is 18.6 Å². The third-order valence-corrected chi connectivity index (χ3v) is 4.23. The lowest BCUT2D eigenvalue weighted by atomic mass is 9.92. The van der Waals surface area contributed by atoms with Crippen LogP contribution in [0.25, 0.3) is 0 Å². The first-order chi connectivity index (χ1) is 9.56. The predicted molar refractivity (Wildman–Crippen MR) is 79.7 cm³/mol. The largest absolute Gasteiger partial charge is 0.399 e. The zero-order valence-corrected chi connectivity index (χ0v) is 12.2. The van der Waals surface area contributed by atoms with Crippen LogP contribution in [0.2, 0.25) is 5.02 Å². The fourth-order valence-electron chi connectivity index (χ4n) is 3.08. The molecule has 3 rings (SSSR count). The maximum Gasteiger partial charge on any atom is 0.133 e. The van der Waals surface area contributed by atoms with E-state index >= 15 is 0 Å². The monoisotopic (exact) mass is 291 g/mol. The van der Waals surface area contributed by atoms with Crippen molar-refractivity contribution in [3.8, 4) is 0 Å². The zero-order valence-electron chi connectivity index (χ0n) is 11.4. The molecule has 0 saturated heterocycles. The molecule has 1 aromatic heterocycles. The van der Waals surface area contributed by atoms with Gasteiger partial charge in [0.05, 0.1) is 16.9 Å². The fraction of sp³-hybridized carbons (Fsp3) is 0.400. The Bertz CT molecular complexity index is 653. The summed E-state index contributed by atoms with van der Waals surface area (Å²) in [5.74, 6) is 0. The lowest BCUT2D eigenvalue weighted by Gasteiger charge is -2.26. The van der Waals surface area contributed by atoms with Crippen molar-refractivity contribution in [2.45, 2.75) is 38.3 Å². The average Bonchev–Trinajstić information content (AvgIpc) is 2.93. The van der Waals surface area contributed by atoms with Gasteiger partial charge in [-0.2, -0.15) is 5.10 Å². The van der Waals surface area contributed by atoms with E-state index in [1.54, 1.807) is 6.20 Å². The van der Waals surface area contributed by atoms with Crippen LogP contribution in [0.5, 0.6) is 0 Å². The smallest absolute Gasteiger partial charge is 0.133 e. The van der Waals surface area contributed by atoms with Crippen molar-refractivity contribution in [2.75, 3.05) is 5.73 Å². The molecule has 4 nitrogen and oxygen atoms in total.